The molecule has 0 saturated carbocycles. The molecule has 8 aromatic carbocycles. The largest absolute Gasteiger partial charge is 0.309 e. The van der Waals surface area contributed by atoms with E-state index < -0.39 is 0 Å². The predicted octanol–water partition coefficient (Wildman–Crippen LogP) is 14.3. The molecule has 59 heavy (non-hydrogen) atoms. The zero-order valence-electron chi connectivity index (χ0n) is 33.9. The predicted molar refractivity (Wildman–Crippen MR) is 246 cm³/mol. The van der Waals surface area contributed by atoms with Crippen molar-refractivity contribution >= 4 is 43.4 Å². The minimum Gasteiger partial charge on any atom is -0.309 e. The number of nitrogens with zero attached hydrogens (tertiary/aromatic N) is 4. The second kappa shape index (κ2) is 13.3. The number of rotatable bonds is 5. The first-order valence-corrected chi connectivity index (χ1v) is 20.7. The Labute approximate surface area is 344 Å². The van der Waals surface area contributed by atoms with Crippen molar-refractivity contribution in [3.8, 4) is 51.0 Å². The average Bonchev–Trinajstić information content (AvgIpc) is 3.61. The van der Waals surface area contributed by atoms with Crippen molar-refractivity contribution in [2.75, 3.05) is 0 Å². The smallest absolute Gasteiger partial charge is 0.164 e. The molecular formula is C55H44N4. The Kier molecular flexibility index (Phi) is 7.96. The molecule has 11 rings (SSSR count). The Bertz CT molecular complexity index is 3260. The van der Waals surface area contributed by atoms with Crippen molar-refractivity contribution < 1.29 is 0 Å². The summed E-state index contributed by atoms with van der Waals surface area (Å²) in [6.45, 7) is 9.65. The monoisotopic (exact) mass is 760 g/mol. The molecule has 0 amide bonds. The maximum Gasteiger partial charge on any atom is 0.164 e. The van der Waals surface area contributed by atoms with Crippen molar-refractivity contribution in [1.82, 2.24) is 19.5 Å². The van der Waals surface area contributed by atoms with Gasteiger partial charge in [0.1, 0.15) is 0 Å². The van der Waals surface area contributed by atoms with Gasteiger partial charge in [0.25, 0.3) is 0 Å². The van der Waals surface area contributed by atoms with Crippen LogP contribution >= 0.6 is 0 Å². The van der Waals surface area contributed by atoms with Gasteiger partial charge in [-0.05, 0) is 104 Å². The van der Waals surface area contributed by atoms with Crippen LogP contribution < -0.4 is 0 Å². The van der Waals surface area contributed by atoms with Crippen LogP contribution in [0.4, 0.5) is 0 Å². The van der Waals surface area contributed by atoms with Gasteiger partial charge in [-0.15, -0.1) is 0 Å². The molecule has 0 unspecified atom stereocenters. The van der Waals surface area contributed by atoms with E-state index in [-0.39, 0.29) is 10.8 Å². The number of hydrogen-bond donors (Lipinski definition) is 0. The highest BCUT2D eigenvalue weighted by Gasteiger charge is 2.38. The number of aromatic nitrogens is 4. The summed E-state index contributed by atoms with van der Waals surface area (Å²) in [4.78, 5) is 15.2. The summed E-state index contributed by atoms with van der Waals surface area (Å²) in [5.74, 6) is 1.95. The van der Waals surface area contributed by atoms with E-state index in [4.69, 9.17) is 15.0 Å². The number of fused-ring (bicyclic) bond motifs is 6. The molecule has 1 aliphatic carbocycles. The first-order chi connectivity index (χ1) is 28.7. The highest BCUT2D eigenvalue weighted by atomic mass is 15.0. The summed E-state index contributed by atoms with van der Waals surface area (Å²) in [6.07, 6.45) is 2.38. The molecule has 0 atom stereocenters. The van der Waals surface area contributed by atoms with Crippen LogP contribution in [0.1, 0.15) is 51.7 Å². The normalized spacial score (nSPS) is 14.6. The van der Waals surface area contributed by atoms with Crippen LogP contribution in [0.3, 0.4) is 0 Å². The molecule has 0 aliphatic heterocycles. The van der Waals surface area contributed by atoms with Crippen LogP contribution in [0.5, 0.6) is 0 Å². The summed E-state index contributed by atoms with van der Waals surface area (Å²) >= 11 is 0. The molecule has 2 heterocycles. The van der Waals surface area contributed by atoms with E-state index in [2.05, 4.69) is 184 Å². The SMILES string of the molecule is CC1(C)CCC(C)(C)c2cc3c(cc21)c1ccccc1n3-c1ccc2cc(-c3nc(-c4ccccc4)nc(-c4ccc(-c5cccc6ccccc56)cc4)n3)ccc2c1. The quantitative estimate of drug-likeness (QED) is 0.175. The lowest BCUT2D eigenvalue weighted by atomic mass is 9.63. The van der Waals surface area contributed by atoms with Gasteiger partial charge in [0, 0.05) is 33.2 Å². The second-order valence-electron chi connectivity index (χ2n) is 17.6. The van der Waals surface area contributed by atoms with E-state index in [1.807, 2.05) is 18.2 Å². The molecule has 1 aliphatic rings. The third kappa shape index (κ3) is 5.93. The molecule has 2 aromatic heterocycles. The molecule has 0 N–H and O–H groups in total. The lowest BCUT2D eigenvalue weighted by Gasteiger charge is -2.42. The molecule has 0 radical (unpaired) electrons. The Balaban J connectivity index is 1.01. The maximum atomic E-state index is 5.12. The van der Waals surface area contributed by atoms with E-state index in [9.17, 15) is 0 Å². The molecule has 10 aromatic rings. The third-order valence-electron chi connectivity index (χ3n) is 12.9. The molecular weight excluding hydrogens is 717 g/mol. The Morgan fingerprint density at radius 3 is 1.71 bits per heavy atom. The maximum absolute atomic E-state index is 5.12. The van der Waals surface area contributed by atoms with E-state index >= 15 is 0 Å². The summed E-state index contributed by atoms with van der Waals surface area (Å²) in [5.41, 5.74) is 12.1. The Morgan fingerprint density at radius 2 is 0.949 bits per heavy atom. The van der Waals surface area contributed by atoms with Crippen LogP contribution in [0.25, 0.3) is 94.3 Å². The van der Waals surface area contributed by atoms with Gasteiger partial charge in [0.15, 0.2) is 17.5 Å². The number of hydrogen-bond acceptors (Lipinski definition) is 3. The second-order valence-corrected chi connectivity index (χ2v) is 17.6. The average molecular weight is 761 g/mol. The zero-order chi connectivity index (χ0) is 39.9. The molecule has 0 spiro atoms. The standard InChI is InChI=1S/C55H44N4/c1-54(2)29-30-55(3,4)48-34-50-46(33-47(48)54)45-18-10-11-20-49(45)59(50)42-28-27-39-31-41(26-25-40(39)32-42)53-57-51(37-14-6-5-7-15-37)56-52(58-53)38-23-21-36(22-24-38)44-19-12-16-35-13-8-9-17-43(35)44/h5-28,31-34H,29-30H2,1-4H3. The van der Waals surface area contributed by atoms with E-state index in [0.717, 1.165) is 38.7 Å². The van der Waals surface area contributed by atoms with Gasteiger partial charge in [-0.3, -0.25) is 0 Å². The minimum atomic E-state index is 0.121. The fraction of sp³-hybridized carbons (Fsp3) is 0.145. The first-order valence-electron chi connectivity index (χ1n) is 20.7. The minimum absolute atomic E-state index is 0.121. The van der Waals surface area contributed by atoms with Gasteiger partial charge in [-0.25, -0.2) is 15.0 Å². The molecule has 4 heteroatoms. The van der Waals surface area contributed by atoms with E-state index in [1.54, 1.807) is 0 Å². The van der Waals surface area contributed by atoms with Gasteiger partial charge in [-0.1, -0.05) is 161 Å². The van der Waals surface area contributed by atoms with Crippen molar-refractivity contribution in [2.24, 2.45) is 0 Å². The summed E-state index contributed by atoms with van der Waals surface area (Å²) < 4.78 is 2.46. The van der Waals surface area contributed by atoms with Crippen molar-refractivity contribution in [3.63, 3.8) is 0 Å². The van der Waals surface area contributed by atoms with Gasteiger partial charge >= 0.3 is 0 Å². The van der Waals surface area contributed by atoms with Crippen LogP contribution in [-0.4, -0.2) is 19.5 Å². The highest BCUT2D eigenvalue weighted by molar-refractivity contribution is 6.10. The van der Waals surface area contributed by atoms with Crippen LogP contribution in [0.2, 0.25) is 0 Å². The first kappa shape index (κ1) is 35.3. The molecule has 0 fully saturated rings. The van der Waals surface area contributed by atoms with Crippen LogP contribution in [0, 0.1) is 0 Å². The van der Waals surface area contributed by atoms with Crippen LogP contribution in [-0.2, 0) is 10.8 Å². The van der Waals surface area contributed by atoms with Gasteiger partial charge in [0.2, 0.25) is 0 Å². The lowest BCUT2D eigenvalue weighted by Crippen LogP contribution is -2.33. The Hall–Kier alpha value is -6.91. The van der Waals surface area contributed by atoms with Crippen molar-refractivity contribution in [2.45, 2.75) is 51.4 Å². The Morgan fingerprint density at radius 1 is 0.390 bits per heavy atom. The van der Waals surface area contributed by atoms with E-state index in [1.165, 1.54) is 62.1 Å². The summed E-state index contributed by atoms with van der Waals surface area (Å²) in [7, 11) is 0. The van der Waals surface area contributed by atoms with Crippen LogP contribution in [0.15, 0.2) is 170 Å². The van der Waals surface area contributed by atoms with Gasteiger partial charge < -0.3 is 4.57 Å². The lowest BCUT2D eigenvalue weighted by molar-refractivity contribution is 0.332. The molecule has 4 nitrogen and oxygen atoms in total. The third-order valence-corrected chi connectivity index (χ3v) is 12.9. The topological polar surface area (TPSA) is 43.6 Å². The number of para-hydroxylation sites is 1. The zero-order valence-corrected chi connectivity index (χ0v) is 33.9. The molecule has 0 saturated heterocycles. The number of benzene rings is 8. The van der Waals surface area contributed by atoms with Crippen molar-refractivity contribution in [3.05, 3.63) is 181 Å². The molecule has 0 bridgehead atoms. The van der Waals surface area contributed by atoms with Crippen molar-refractivity contribution in [1.29, 1.82) is 0 Å². The fourth-order valence-electron chi connectivity index (χ4n) is 9.45. The van der Waals surface area contributed by atoms with Gasteiger partial charge in [-0.2, -0.15) is 0 Å². The van der Waals surface area contributed by atoms with E-state index in [0.29, 0.717) is 17.5 Å². The highest BCUT2D eigenvalue weighted by Crippen LogP contribution is 2.48. The fourth-order valence-corrected chi connectivity index (χ4v) is 9.45. The molecule has 284 valence electrons. The summed E-state index contributed by atoms with van der Waals surface area (Å²) in [6, 6.07) is 61.0. The van der Waals surface area contributed by atoms with Gasteiger partial charge in [0.05, 0.1) is 11.0 Å². The summed E-state index contributed by atoms with van der Waals surface area (Å²) in [5, 5.41) is 7.38.